The van der Waals surface area contributed by atoms with Crippen molar-refractivity contribution in [1.29, 1.82) is 0 Å². The number of aromatic nitrogens is 1. The molecule has 0 bridgehead atoms. The maximum atomic E-state index is 11.7. The molecule has 0 aliphatic rings. The van der Waals surface area contributed by atoms with Gasteiger partial charge in [0.1, 0.15) is 5.75 Å². The zero-order valence-corrected chi connectivity index (χ0v) is 10.6. The van der Waals surface area contributed by atoms with Gasteiger partial charge in [-0.3, -0.25) is 0 Å². The Morgan fingerprint density at radius 2 is 2.29 bits per heavy atom. The molecule has 2 aromatic rings. The van der Waals surface area contributed by atoms with Gasteiger partial charge in [-0.25, -0.2) is 9.78 Å². The van der Waals surface area contributed by atoms with Crippen LogP contribution >= 0.6 is 11.3 Å². The third kappa shape index (κ3) is 2.91. The molecule has 1 heterocycles. The van der Waals surface area contributed by atoms with E-state index in [1.165, 1.54) is 11.3 Å². The van der Waals surface area contributed by atoms with Crippen LogP contribution < -0.4 is 4.74 Å². The highest BCUT2D eigenvalue weighted by Gasteiger charge is 2.11. The molecule has 0 atom stereocenters. The minimum absolute atomic E-state index is 0.370. The van der Waals surface area contributed by atoms with Crippen LogP contribution in [0.15, 0.2) is 29.6 Å². The first-order valence-electron chi connectivity index (χ1n) is 5.42. The van der Waals surface area contributed by atoms with Crippen molar-refractivity contribution in [3.63, 3.8) is 0 Å². The van der Waals surface area contributed by atoms with Crippen LogP contribution in [0, 0.1) is 6.92 Å². The van der Waals surface area contributed by atoms with E-state index in [0.29, 0.717) is 11.4 Å². The van der Waals surface area contributed by atoms with E-state index in [9.17, 15) is 4.79 Å². The van der Waals surface area contributed by atoms with Crippen molar-refractivity contribution in [2.24, 2.45) is 0 Å². The summed E-state index contributed by atoms with van der Waals surface area (Å²) in [5.41, 5.74) is 1.51. The Balaban J connectivity index is 2.12. The molecule has 88 valence electrons. The second kappa shape index (κ2) is 5.10. The quantitative estimate of drug-likeness (QED) is 0.617. The lowest BCUT2D eigenvalue weighted by Gasteiger charge is -2.03. The molecule has 0 fully saturated rings. The first kappa shape index (κ1) is 11.8. The summed E-state index contributed by atoms with van der Waals surface area (Å²) in [5, 5.41) is 2.57. The minimum Gasteiger partial charge on any atom is -0.422 e. The summed E-state index contributed by atoms with van der Waals surface area (Å²) in [6.07, 6.45) is 0.918. The predicted octanol–water partition coefficient (Wildman–Crippen LogP) is 3.23. The van der Waals surface area contributed by atoms with Gasteiger partial charge in [-0.15, -0.1) is 11.3 Å². The lowest BCUT2D eigenvalue weighted by Crippen LogP contribution is -2.09. The second-order valence-corrected chi connectivity index (χ2v) is 4.70. The summed E-state index contributed by atoms with van der Waals surface area (Å²) < 4.78 is 5.26. The topological polar surface area (TPSA) is 39.2 Å². The Morgan fingerprint density at radius 1 is 1.47 bits per heavy atom. The van der Waals surface area contributed by atoms with Crippen LogP contribution in [0.25, 0.3) is 0 Å². The number of benzene rings is 1. The molecule has 1 aromatic heterocycles. The van der Waals surface area contributed by atoms with Crippen molar-refractivity contribution in [3.8, 4) is 5.75 Å². The number of carbonyl (C=O) groups excluding carboxylic acids is 1. The summed E-state index contributed by atoms with van der Waals surface area (Å²) in [6, 6.07) is 7.53. The lowest BCUT2D eigenvalue weighted by molar-refractivity contribution is 0.0729. The zero-order chi connectivity index (χ0) is 12.3. The summed E-state index contributed by atoms with van der Waals surface area (Å²) in [6.45, 7) is 3.92. The fraction of sp³-hybridized carbons (Fsp3) is 0.231. The van der Waals surface area contributed by atoms with E-state index in [-0.39, 0.29) is 0 Å². The molecule has 1 aromatic carbocycles. The smallest absolute Gasteiger partial charge is 0.363 e. The van der Waals surface area contributed by atoms with Gasteiger partial charge < -0.3 is 4.74 Å². The van der Waals surface area contributed by atoms with Gasteiger partial charge in [0.25, 0.3) is 0 Å². The fourth-order valence-electron chi connectivity index (χ4n) is 1.45. The molecule has 0 aliphatic carbocycles. The number of hydrogen-bond acceptors (Lipinski definition) is 4. The highest BCUT2D eigenvalue weighted by molar-refractivity contribution is 7.09. The van der Waals surface area contributed by atoms with E-state index in [0.717, 1.165) is 17.0 Å². The zero-order valence-electron chi connectivity index (χ0n) is 9.77. The molecule has 17 heavy (non-hydrogen) atoms. The fourth-order valence-corrected chi connectivity index (χ4v) is 2.03. The minimum atomic E-state index is -0.400. The predicted molar refractivity (Wildman–Crippen MR) is 67.6 cm³/mol. The van der Waals surface area contributed by atoms with Crippen molar-refractivity contribution in [1.82, 2.24) is 4.98 Å². The van der Waals surface area contributed by atoms with Crippen LogP contribution in [0.4, 0.5) is 0 Å². The second-order valence-electron chi connectivity index (χ2n) is 3.64. The molecular weight excluding hydrogens is 234 g/mol. The van der Waals surface area contributed by atoms with Crippen LogP contribution in [-0.2, 0) is 6.42 Å². The maximum Gasteiger partial charge on any atom is 0.363 e. The average Bonchev–Trinajstić information content (AvgIpc) is 2.76. The molecule has 0 saturated heterocycles. The average molecular weight is 247 g/mol. The van der Waals surface area contributed by atoms with E-state index in [1.807, 2.05) is 25.1 Å². The van der Waals surface area contributed by atoms with Crippen molar-refractivity contribution in [2.75, 3.05) is 0 Å². The highest BCUT2D eigenvalue weighted by Crippen LogP contribution is 2.16. The number of carbonyl (C=O) groups is 1. The molecule has 0 aliphatic heterocycles. The Kier molecular flexibility index (Phi) is 3.54. The SMILES string of the molecule is CCc1cccc(OC(=O)c2csc(C)n2)c1. The molecule has 4 heteroatoms. The van der Waals surface area contributed by atoms with Crippen molar-refractivity contribution < 1.29 is 9.53 Å². The van der Waals surface area contributed by atoms with Gasteiger partial charge in [0.15, 0.2) is 5.69 Å². The van der Waals surface area contributed by atoms with E-state index >= 15 is 0 Å². The van der Waals surface area contributed by atoms with Crippen LogP contribution in [0.5, 0.6) is 5.75 Å². The molecule has 0 N–H and O–H groups in total. The van der Waals surface area contributed by atoms with Crippen LogP contribution in [-0.4, -0.2) is 11.0 Å². The van der Waals surface area contributed by atoms with Gasteiger partial charge in [0.2, 0.25) is 0 Å². The van der Waals surface area contributed by atoms with E-state index < -0.39 is 5.97 Å². The van der Waals surface area contributed by atoms with Crippen molar-refractivity contribution in [3.05, 3.63) is 45.9 Å². The maximum absolute atomic E-state index is 11.7. The highest BCUT2D eigenvalue weighted by atomic mass is 32.1. The monoisotopic (exact) mass is 247 g/mol. The molecule has 0 amide bonds. The van der Waals surface area contributed by atoms with Gasteiger partial charge in [-0.05, 0) is 31.0 Å². The molecule has 0 spiro atoms. The first-order chi connectivity index (χ1) is 8.19. The van der Waals surface area contributed by atoms with Crippen molar-refractivity contribution in [2.45, 2.75) is 20.3 Å². The molecule has 0 unspecified atom stereocenters. The normalized spacial score (nSPS) is 10.2. The van der Waals surface area contributed by atoms with Crippen molar-refractivity contribution >= 4 is 17.3 Å². The van der Waals surface area contributed by atoms with Crippen LogP contribution in [0.1, 0.15) is 28.0 Å². The molecular formula is C13H13NO2S. The Morgan fingerprint density at radius 3 is 2.94 bits per heavy atom. The van der Waals surface area contributed by atoms with E-state index in [1.54, 1.807) is 11.4 Å². The van der Waals surface area contributed by atoms with Gasteiger partial charge in [-0.2, -0.15) is 0 Å². The summed E-state index contributed by atoms with van der Waals surface area (Å²) >= 11 is 1.44. The molecule has 0 saturated carbocycles. The Bertz CT molecular complexity index is 534. The summed E-state index contributed by atoms with van der Waals surface area (Å²) in [4.78, 5) is 15.8. The number of nitrogens with zero attached hydrogens (tertiary/aromatic N) is 1. The third-order valence-corrected chi connectivity index (χ3v) is 3.12. The third-order valence-electron chi connectivity index (χ3n) is 2.35. The van der Waals surface area contributed by atoms with Gasteiger partial charge >= 0.3 is 5.97 Å². The van der Waals surface area contributed by atoms with Crippen LogP contribution in [0.2, 0.25) is 0 Å². The van der Waals surface area contributed by atoms with E-state index in [2.05, 4.69) is 11.9 Å². The van der Waals surface area contributed by atoms with E-state index in [4.69, 9.17) is 4.74 Å². The standard InChI is InChI=1S/C13H13NO2S/c1-3-10-5-4-6-11(7-10)16-13(15)12-8-17-9(2)14-12/h4-8H,3H2,1-2H3. The largest absolute Gasteiger partial charge is 0.422 e. The number of hydrogen-bond donors (Lipinski definition) is 0. The van der Waals surface area contributed by atoms with Gasteiger partial charge in [-0.1, -0.05) is 19.1 Å². The number of aryl methyl sites for hydroxylation is 2. The number of thiazole rings is 1. The van der Waals surface area contributed by atoms with Crippen LogP contribution in [0.3, 0.4) is 0 Å². The Hall–Kier alpha value is -1.68. The summed E-state index contributed by atoms with van der Waals surface area (Å²) in [5.74, 6) is 0.169. The lowest BCUT2D eigenvalue weighted by atomic mass is 10.2. The van der Waals surface area contributed by atoms with Gasteiger partial charge in [0, 0.05) is 5.38 Å². The Labute approximate surface area is 104 Å². The molecule has 0 radical (unpaired) electrons. The summed E-state index contributed by atoms with van der Waals surface area (Å²) in [7, 11) is 0. The number of esters is 1. The molecule has 2 rings (SSSR count). The van der Waals surface area contributed by atoms with Gasteiger partial charge in [0.05, 0.1) is 5.01 Å². The number of rotatable bonds is 3. The first-order valence-corrected chi connectivity index (χ1v) is 6.30. The molecule has 3 nitrogen and oxygen atoms in total. The number of ether oxygens (including phenoxy) is 1.